The van der Waals surface area contributed by atoms with Crippen LogP contribution >= 0.6 is 0 Å². The standard InChI is InChI=1S/C23H32O7.C7H16N2O/c1-20-6-3-16-17(23(20,29)9-5-15(20)13-10-18(25)30-12-13)4-7-21(28)11-14(24)2-8-22(16,21)19(26)27;8-2-1-3-9-4-6-10-7-5-9/h10,14-17,24,28-29H,2-9,11-12H2,1H3,(H,26,27);1-8H2/t14?,15-,16-,17?,20+,21?,22+,23?;/m0./s1. The molecule has 0 aromatic carbocycles. The topological polar surface area (TPSA) is 167 Å². The Morgan fingerprint density at radius 3 is 2.48 bits per heavy atom. The number of hydrogen-bond acceptors (Lipinski definition) is 9. The molecule has 2 heterocycles. The van der Waals surface area contributed by atoms with Gasteiger partial charge in [0.2, 0.25) is 0 Å². The van der Waals surface area contributed by atoms with Gasteiger partial charge in [-0.25, -0.2) is 4.79 Å². The minimum absolute atomic E-state index is 0.0304. The second kappa shape index (κ2) is 11.3. The lowest BCUT2D eigenvalue weighted by molar-refractivity contribution is -0.368. The lowest BCUT2D eigenvalue weighted by atomic mass is 9.41. The largest absolute Gasteiger partial charge is 0.549 e. The normalized spacial score (nSPS) is 44.8. The predicted molar refractivity (Wildman–Crippen MR) is 142 cm³/mol. The molecule has 0 aromatic heterocycles. The number of aliphatic hydroxyl groups excluding tert-OH is 1. The van der Waals surface area contributed by atoms with Crippen molar-refractivity contribution < 1.29 is 45.2 Å². The van der Waals surface area contributed by atoms with Gasteiger partial charge in [-0.2, -0.15) is 0 Å². The molecule has 2 aliphatic heterocycles. The fraction of sp³-hybridized carbons (Fsp3) is 0.867. The zero-order chi connectivity index (χ0) is 28.8. The summed E-state index contributed by atoms with van der Waals surface area (Å²) in [5.74, 6) is -2.19. The summed E-state index contributed by atoms with van der Waals surface area (Å²) < 4.78 is 10.4. The second-order valence-corrected chi connectivity index (χ2v) is 13.4. The number of rotatable bonds is 5. The molecular weight excluding hydrogens is 516 g/mol. The minimum atomic E-state index is -1.50. The Hall–Kier alpha value is -1.56. The van der Waals surface area contributed by atoms with Crippen LogP contribution in [0.4, 0.5) is 0 Å². The highest BCUT2D eigenvalue weighted by Crippen LogP contribution is 2.70. The van der Waals surface area contributed by atoms with Gasteiger partial charge in [0.15, 0.2) is 0 Å². The van der Waals surface area contributed by atoms with Crippen molar-refractivity contribution in [2.24, 2.45) is 28.6 Å². The van der Waals surface area contributed by atoms with Crippen molar-refractivity contribution in [1.82, 2.24) is 4.90 Å². The summed E-state index contributed by atoms with van der Waals surface area (Å²) in [6, 6.07) is 0. The van der Waals surface area contributed by atoms with Gasteiger partial charge in [-0.05, 0) is 74.7 Å². The van der Waals surface area contributed by atoms with Crippen LogP contribution in [0.5, 0.6) is 0 Å². The Kier molecular flexibility index (Phi) is 8.42. The van der Waals surface area contributed by atoms with E-state index in [1.54, 1.807) is 6.08 Å². The zero-order valence-corrected chi connectivity index (χ0v) is 23.9. The van der Waals surface area contributed by atoms with Gasteiger partial charge in [-0.15, -0.1) is 0 Å². The van der Waals surface area contributed by atoms with E-state index in [2.05, 4.69) is 17.6 Å². The SMILES string of the molecule is C[C@]12CC[C@H]3C(CCC4(O)CC(O)CC[C@]34C(=O)[O-])C1(O)CC[C@H]2C1=CC(=O)OC1.[NH3+]CCCN1CCOCC1. The molecule has 0 bridgehead atoms. The maximum absolute atomic E-state index is 12.6. The Labute approximate surface area is 236 Å². The van der Waals surface area contributed by atoms with Crippen LogP contribution in [0.3, 0.4) is 0 Å². The number of hydrogen-bond donors (Lipinski definition) is 4. The van der Waals surface area contributed by atoms with E-state index >= 15 is 0 Å². The van der Waals surface area contributed by atoms with E-state index in [9.17, 15) is 30.0 Å². The molecule has 4 saturated carbocycles. The number of morpholine rings is 1. The molecule has 4 aliphatic carbocycles. The van der Waals surface area contributed by atoms with Crippen LogP contribution < -0.4 is 10.8 Å². The number of esters is 1. The summed E-state index contributed by atoms with van der Waals surface area (Å²) in [6.45, 7) is 8.64. The zero-order valence-electron chi connectivity index (χ0n) is 23.9. The molecule has 0 radical (unpaired) electrons. The van der Waals surface area contributed by atoms with E-state index in [-0.39, 0.29) is 49.6 Å². The highest BCUT2D eigenvalue weighted by Gasteiger charge is 2.71. The fourth-order valence-corrected chi connectivity index (χ4v) is 9.63. The highest BCUT2D eigenvalue weighted by molar-refractivity contribution is 5.85. The van der Waals surface area contributed by atoms with E-state index in [1.807, 2.05) is 0 Å². The van der Waals surface area contributed by atoms with Crippen LogP contribution in [0.1, 0.15) is 71.1 Å². The van der Waals surface area contributed by atoms with Crippen LogP contribution in [0.2, 0.25) is 0 Å². The molecular formula is C30H48N2O8. The molecule has 0 amide bonds. The van der Waals surface area contributed by atoms with Crippen LogP contribution in [0.15, 0.2) is 11.6 Å². The van der Waals surface area contributed by atoms with Crippen molar-refractivity contribution in [3.63, 3.8) is 0 Å². The number of aliphatic carboxylic acids is 1. The first-order valence-corrected chi connectivity index (χ1v) is 15.3. The molecule has 1 saturated heterocycles. The van der Waals surface area contributed by atoms with E-state index < -0.39 is 34.1 Å². The van der Waals surface area contributed by atoms with Gasteiger partial charge >= 0.3 is 5.97 Å². The maximum atomic E-state index is 12.6. The van der Waals surface area contributed by atoms with E-state index in [0.29, 0.717) is 32.1 Å². The number of cyclic esters (lactones) is 1. The summed E-state index contributed by atoms with van der Waals surface area (Å²) in [4.78, 5) is 26.6. The average Bonchev–Trinajstić information content (AvgIpc) is 3.47. The number of carbonyl (C=O) groups is 2. The average molecular weight is 565 g/mol. The molecule has 5 fully saturated rings. The van der Waals surface area contributed by atoms with Gasteiger partial charge in [0, 0.05) is 49.4 Å². The number of nitrogens with zero attached hydrogens (tertiary/aromatic N) is 1. The third-order valence-corrected chi connectivity index (χ3v) is 11.7. The molecule has 10 nitrogen and oxygen atoms in total. The van der Waals surface area contributed by atoms with Gasteiger partial charge in [0.1, 0.15) is 6.61 Å². The van der Waals surface area contributed by atoms with Crippen molar-refractivity contribution in [3.8, 4) is 0 Å². The first kappa shape index (κ1) is 29.9. The van der Waals surface area contributed by atoms with E-state index in [1.165, 1.54) is 13.0 Å². The van der Waals surface area contributed by atoms with Gasteiger partial charge in [-0.1, -0.05) is 6.92 Å². The Morgan fingerprint density at radius 1 is 1.10 bits per heavy atom. The first-order valence-electron chi connectivity index (χ1n) is 15.3. The number of quaternary nitrogens is 1. The molecule has 6 rings (SSSR count). The van der Waals surface area contributed by atoms with Crippen molar-refractivity contribution in [3.05, 3.63) is 11.6 Å². The molecule has 8 atom stereocenters. The van der Waals surface area contributed by atoms with Crippen LogP contribution in [0.25, 0.3) is 0 Å². The molecule has 6 aliphatic rings. The summed E-state index contributed by atoms with van der Waals surface area (Å²) in [5.41, 5.74) is 0.279. The van der Waals surface area contributed by atoms with Crippen molar-refractivity contribution >= 4 is 11.9 Å². The van der Waals surface area contributed by atoms with E-state index in [4.69, 9.17) is 9.47 Å². The monoisotopic (exact) mass is 564 g/mol. The van der Waals surface area contributed by atoms with Crippen molar-refractivity contribution in [1.29, 1.82) is 0 Å². The lowest BCUT2D eigenvalue weighted by Crippen LogP contribution is -2.72. The van der Waals surface area contributed by atoms with Crippen LogP contribution in [-0.2, 0) is 19.1 Å². The molecule has 40 heavy (non-hydrogen) atoms. The van der Waals surface area contributed by atoms with Gasteiger partial charge in [0.25, 0.3) is 0 Å². The number of fused-ring (bicyclic) bond motifs is 5. The molecule has 4 unspecified atom stereocenters. The predicted octanol–water partition coefficient (Wildman–Crippen LogP) is -0.600. The third kappa shape index (κ3) is 4.72. The maximum Gasteiger partial charge on any atom is 0.331 e. The molecule has 6 N–H and O–H groups in total. The van der Waals surface area contributed by atoms with Gasteiger partial charge < -0.3 is 40.4 Å². The van der Waals surface area contributed by atoms with Gasteiger partial charge in [-0.3, -0.25) is 4.90 Å². The Morgan fingerprint density at radius 2 is 1.82 bits per heavy atom. The number of carboxylic acids is 1. The smallest absolute Gasteiger partial charge is 0.331 e. The third-order valence-electron chi connectivity index (χ3n) is 11.7. The quantitative estimate of drug-likeness (QED) is 0.319. The fourth-order valence-electron chi connectivity index (χ4n) is 9.63. The van der Waals surface area contributed by atoms with Crippen molar-refractivity contribution in [2.45, 2.75) is 88.4 Å². The number of carbonyl (C=O) groups excluding carboxylic acids is 2. The second-order valence-electron chi connectivity index (χ2n) is 13.4. The molecule has 10 heteroatoms. The summed E-state index contributed by atoms with van der Waals surface area (Å²) in [6.07, 6.45) is 5.87. The molecule has 226 valence electrons. The first-order chi connectivity index (χ1) is 19.0. The summed E-state index contributed by atoms with van der Waals surface area (Å²) in [5, 5.41) is 46.2. The number of aliphatic hydroxyl groups is 3. The summed E-state index contributed by atoms with van der Waals surface area (Å²) in [7, 11) is 0. The Bertz CT molecular complexity index is 1000. The highest BCUT2D eigenvalue weighted by atomic mass is 16.5. The minimum Gasteiger partial charge on any atom is -0.549 e. The Balaban J connectivity index is 0.000000274. The lowest BCUT2D eigenvalue weighted by Gasteiger charge is -2.67. The van der Waals surface area contributed by atoms with Crippen molar-refractivity contribution in [2.75, 3.05) is 46.0 Å². The summed E-state index contributed by atoms with van der Waals surface area (Å²) >= 11 is 0. The molecule has 0 spiro atoms. The number of ether oxygens (including phenoxy) is 2. The van der Waals surface area contributed by atoms with E-state index in [0.717, 1.165) is 44.8 Å². The molecule has 0 aromatic rings. The number of carboxylic acid groups (broad SMARTS) is 1. The van der Waals surface area contributed by atoms with Crippen LogP contribution in [0, 0.1) is 28.6 Å². The van der Waals surface area contributed by atoms with Crippen LogP contribution in [-0.4, -0.2) is 95.5 Å². The van der Waals surface area contributed by atoms with Gasteiger partial charge in [0.05, 0.1) is 43.0 Å².